The molecule has 2 aliphatic heterocycles. The SMILES string of the molecule is C=CCC(=C)/C(C)=C/C=C\Cc1cc(C/C(C)=C/C=C\C)cc(N2C3=C(CC=C3)\C(=C3C(/C=C\C=C/C)=N/C/C=C(C(C)(C)C)\C=C/c4ccccc4/3)c3ccccc32)c1. The highest BCUT2D eigenvalue weighted by molar-refractivity contribution is 6.37. The van der Waals surface area contributed by atoms with Crippen molar-refractivity contribution in [1.82, 2.24) is 0 Å². The second-order valence-electron chi connectivity index (χ2n) is 16.8. The van der Waals surface area contributed by atoms with Crippen LogP contribution in [0.4, 0.5) is 11.4 Å². The van der Waals surface area contributed by atoms with Gasteiger partial charge in [0.05, 0.1) is 17.9 Å². The van der Waals surface area contributed by atoms with Crippen LogP contribution in [0, 0.1) is 5.41 Å². The molecule has 0 bridgehead atoms. The normalized spacial score (nSPS) is 19.8. The fourth-order valence-corrected chi connectivity index (χ4v) is 8.06. The van der Waals surface area contributed by atoms with E-state index in [1.54, 1.807) is 0 Å². The zero-order valence-corrected chi connectivity index (χ0v) is 36.9. The smallest absolute Gasteiger partial charge is 0.0663 e. The van der Waals surface area contributed by atoms with Crippen LogP contribution in [0.1, 0.15) is 89.1 Å². The van der Waals surface area contributed by atoms with Gasteiger partial charge in [-0.05, 0) is 139 Å². The predicted octanol–water partition coefficient (Wildman–Crippen LogP) is 15.8. The molecule has 0 aromatic heterocycles. The molecular formula is C58H62N2. The van der Waals surface area contributed by atoms with E-state index in [0.29, 0.717) is 6.54 Å². The molecular weight excluding hydrogens is 725 g/mol. The lowest BCUT2D eigenvalue weighted by atomic mass is 9.80. The van der Waals surface area contributed by atoms with E-state index in [2.05, 4.69) is 224 Å². The van der Waals surface area contributed by atoms with Crippen molar-refractivity contribution in [3.63, 3.8) is 0 Å². The second-order valence-corrected chi connectivity index (χ2v) is 16.8. The standard InChI is InChI=1S/C58H62N2/c1-10-13-15-31-53-57(50-28-19-18-27-47(50)34-35-48(36-37-59-53)58(7,8)9)56-51-29-20-21-32-54(51)60(55-33-22-30-52(55)56)49-40-45(26-17-16-25-44(6)43(5)23-12-3)39-46(41-49)38-42(4)24-14-11-2/h10-22,24-25,27-29,31-36,39-41H,3,5,23,26,30,37-38H2,1-2,4,6-9H3/b13-10-,14-11-,17-16-,31-15-,35-34-,42-24+,44-25+,48-36+,57-56-,59-53+. The maximum absolute atomic E-state index is 5.42. The van der Waals surface area contributed by atoms with E-state index >= 15 is 0 Å². The molecule has 0 radical (unpaired) electrons. The van der Waals surface area contributed by atoms with Crippen molar-refractivity contribution in [2.45, 2.75) is 74.1 Å². The van der Waals surface area contributed by atoms with Gasteiger partial charge in [0.2, 0.25) is 0 Å². The molecule has 3 aromatic carbocycles. The van der Waals surface area contributed by atoms with Crippen LogP contribution < -0.4 is 4.90 Å². The van der Waals surface area contributed by atoms with Gasteiger partial charge in [-0.15, -0.1) is 6.58 Å². The molecule has 0 saturated heterocycles. The Kier molecular flexibility index (Phi) is 14.5. The molecule has 1 aliphatic carbocycles. The van der Waals surface area contributed by atoms with Crippen molar-refractivity contribution in [1.29, 1.82) is 0 Å². The van der Waals surface area contributed by atoms with Gasteiger partial charge in [0.25, 0.3) is 0 Å². The highest BCUT2D eigenvalue weighted by Crippen LogP contribution is 2.51. The lowest BCUT2D eigenvalue weighted by molar-refractivity contribution is 0.516. The lowest BCUT2D eigenvalue weighted by Gasteiger charge is -2.36. The number of hydrogen-bond donors (Lipinski definition) is 0. The van der Waals surface area contributed by atoms with Crippen LogP contribution in [-0.4, -0.2) is 12.3 Å². The Balaban J connectivity index is 1.58. The molecule has 0 fully saturated rings. The minimum atomic E-state index is -0.00460. The Morgan fingerprint density at radius 3 is 2.33 bits per heavy atom. The maximum atomic E-state index is 5.42. The van der Waals surface area contributed by atoms with E-state index < -0.39 is 0 Å². The van der Waals surface area contributed by atoms with Crippen LogP contribution in [-0.2, 0) is 12.8 Å². The Morgan fingerprint density at radius 2 is 1.57 bits per heavy atom. The number of fused-ring (bicyclic) bond motifs is 2. The molecule has 2 nitrogen and oxygen atoms in total. The first-order valence-electron chi connectivity index (χ1n) is 21.4. The van der Waals surface area contributed by atoms with Crippen LogP contribution in [0.3, 0.4) is 0 Å². The van der Waals surface area contributed by atoms with Crippen LogP contribution in [0.15, 0.2) is 210 Å². The number of benzene rings is 3. The number of para-hydroxylation sites is 1. The summed E-state index contributed by atoms with van der Waals surface area (Å²) in [6.45, 7) is 24.0. The van der Waals surface area contributed by atoms with E-state index in [1.165, 1.54) is 72.8 Å². The Morgan fingerprint density at radius 1 is 0.817 bits per heavy atom. The van der Waals surface area contributed by atoms with Gasteiger partial charge in [-0.1, -0.05) is 167 Å². The summed E-state index contributed by atoms with van der Waals surface area (Å²) < 4.78 is 0. The van der Waals surface area contributed by atoms with Gasteiger partial charge in [-0.25, -0.2) is 0 Å². The molecule has 0 amide bonds. The highest BCUT2D eigenvalue weighted by atomic mass is 15.2. The Bertz CT molecular complexity index is 2500. The van der Waals surface area contributed by atoms with Gasteiger partial charge in [-0.2, -0.15) is 0 Å². The molecule has 3 aliphatic rings. The predicted molar refractivity (Wildman–Crippen MR) is 265 cm³/mol. The van der Waals surface area contributed by atoms with Crippen molar-refractivity contribution < 1.29 is 0 Å². The monoisotopic (exact) mass is 786 g/mol. The molecule has 6 rings (SSSR count). The Hall–Kier alpha value is -6.25. The number of allylic oxidation sites excluding steroid dienone is 21. The average molecular weight is 787 g/mol. The fourth-order valence-electron chi connectivity index (χ4n) is 8.06. The van der Waals surface area contributed by atoms with Gasteiger partial charge < -0.3 is 4.90 Å². The number of anilines is 2. The third-order valence-electron chi connectivity index (χ3n) is 11.2. The van der Waals surface area contributed by atoms with Gasteiger partial charge >= 0.3 is 0 Å². The van der Waals surface area contributed by atoms with E-state index in [-0.39, 0.29) is 5.41 Å². The summed E-state index contributed by atoms with van der Waals surface area (Å²) in [5.41, 5.74) is 19.3. The van der Waals surface area contributed by atoms with Crippen molar-refractivity contribution >= 4 is 34.3 Å². The molecule has 0 N–H and O–H groups in total. The fraction of sp³-hybridized carbons (Fsp3) is 0.224. The molecule has 3 aromatic rings. The van der Waals surface area contributed by atoms with Gasteiger partial charge in [0.15, 0.2) is 0 Å². The first-order chi connectivity index (χ1) is 29.0. The summed E-state index contributed by atoms with van der Waals surface area (Å²) in [4.78, 5) is 7.92. The third kappa shape index (κ3) is 10.3. The largest absolute Gasteiger partial charge is 0.310 e. The summed E-state index contributed by atoms with van der Waals surface area (Å²) in [6.07, 6.45) is 38.3. The molecule has 0 unspecified atom stereocenters. The van der Waals surface area contributed by atoms with Gasteiger partial charge in [0.1, 0.15) is 0 Å². The number of rotatable bonds is 12. The van der Waals surface area contributed by atoms with Crippen LogP contribution >= 0.6 is 0 Å². The molecule has 2 heterocycles. The molecule has 0 spiro atoms. The van der Waals surface area contributed by atoms with E-state index in [4.69, 9.17) is 4.99 Å². The zero-order chi connectivity index (χ0) is 42.6. The van der Waals surface area contributed by atoms with Crippen LogP contribution in [0.25, 0.3) is 17.2 Å². The first kappa shape index (κ1) is 43.3. The summed E-state index contributed by atoms with van der Waals surface area (Å²) in [6, 6.07) is 24.9. The van der Waals surface area contributed by atoms with Gasteiger partial charge in [-0.3, -0.25) is 4.99 Å². The lowest BCUT2D eigenvalue weighted by Crippen LogP contribution is -2.23. The summed E-state index contributed by atoms with van der Waals surface area (Å²) in [5, 5.41) is 0. The highest BCUT2D eigenvalue weighted by Gasteiger charge is 2.34. The number of aliphatic imine (C=N–C) groups is 1. The molecule has 304 valence electrons. The first-order valence-corrected chi connectivity index (χ1v) is 21.4. The van der Waals surface area contributed by atoms with Crippen LogP contribution in [0.5, 0.6) is 0 Å². The van der Waals surface area contributed by atoms with Crippen molar-refractivity contribution in [3.8, 4) is 0 Å². The summed E-state index contributed by atoms with van der Waals surface area (Å²) in [5.74, 6) is 0. The molecule has 0 atom stereocenters. The van der Waals surface area contributed by atoms with Crippen molar-refractivity contribution in [3.05, 3.63) is 232 Å². The van der Waals surface area contributed by atoms with Crippen LogP contribution in [0.2, 0.25) is 0 Å². The molecule has 60 heavy (non-hydrogen) atoms. The maximum Gasteiger partial charge on any atom is 0.0663 e. The van der Waals surface area contributed by atoms with Crippen molar-refractivity contribution in [2.75, 3.05) is 11.4 Å². The minimum Gasteiger partial charge on any atom is -0.310 e. The Labute approximate surface area is 361 Å². The minimum absolute atomic E-state index is 0.00460. The molecule has 0 saturated carbocycles. The number of hydrogen-bond acceptors (Lipinski definition) is 2. The molecule has 2 heteroatoms. The quantitative estimate of drug-likeness (QED) is 0.132. The zero-order valence-electron chi connectivity index (χ0n) is 36.9. The van der Waals surface area contributed by atoms with Gasteiger partial charge in [0, 0.05) is 22.5 Å². The number of nitrogens with zero attached hydrogens (tertiary/aromatic N) is 2. The second kappa shape index (κ2) is 20.1. The third-order valence-corrected chi connectivity index (χ3v) is 11.2. The average Bonchev–Trinajstić information content (AvgIpc) is 3.71. The summed E-state index contributed by atoms with van der Waals surface area (Å²) in [7, 11) is 0. The topological polar surface area (TPSA) is 15.6 Å². The van der Waals surface area contributed by atoms with E-state index in [0.717, 1.165) is 42.5 Å². The van der Waals surface area contributed by atoms with E-state index in [9.17, 15) is 0 Å². The van der Waals surface area contributed by atoms with Crippen molar-refractivity contribution in [2.24, 2.45) is 10.4 Å². The van der Waals surface area contributed by atoms with E-state index in [1.807, 2.05) is 6.08 Å². The summed E-state index contributed by atoms with van der Waals surface area (Å²) >= 11 is 0.